The highest BCUT2D eigenvalue weighted by Gasteiger charge is 2.33. The molecule has 3 aromatic rings. The lowest BCUT2D eigenvalue weighted by Crippen LogP contribution is -2.51. The Kier molecular flexibility index (Phi) is 6.06. The monoisotopic (exact) mass is 444 g/mol. The first-order chi connectivity index (χ1) is 16.2. The van der Waals surface area contributed by atoms with Crippen molar-refractivity contribution in [3.63, 3.8) is 0 Å². The third kappa shape index (κ3) is 4.74. The molecular formula is C25H28N6O2. The summed E-state index contributed by atoms with van der Waals surface area (Å²) in [6, 6.07) is 17.4. The van der Waals surface area contributed by atoms with Gasteiger partial charge in [-0.05, 0) is 24.1 Å². The molecular weight excluding hydrogens is 416 g/mol. The molecule has 1 amide bonds. The summed E-state index contributed by atoms with van der Waals surface area (Å²) >= 11 is 0. The van der Waals surface area contributed by atoms with Gasteiger partial charge in [-0.1, -0.05) is 36.4 Å². The fraction of sp³-hybridized carbons (Fsp3) is 0.360. The Bertz CT molecular complexity index is 1140. The van der Waals surface area contributed by atoms with Crippen LogP contribution in [-0.4, -0.2) is 64.8 Å². The molecule has 2 aliphatic rings. The molecule has 2 saturated heterocycles. The number of rotatable bonds is 5. The smallest absolute Gasteiger partial charge is 0.269 e. The average molecular weight is 445 g/mol. The van der Waals surface area contributed by atoms with E-state index in [1.807, 2.05) is 53.4 Å². The van der Waals surface area contributed by atoms with Crippen LogP contribution < -0.4 is 15.4 Å². The Balaban J connectivity index is 1.17. The minimum Gasteiger partial charge on any atom is -0.369 e. The highest BCUT2D eigenvalue weighted by atomic mass is 16.2. The van der Waals surface area contributed by atoms with Crippen LogP contribution in [0.2, 0.25) is 0 Å². The number of aromatic nitrogens is 3. The molecule has 2 aromatic heterocycles. The molecule has 0 aliphatic carbocycles. The minimum atomic E-state index is -0.128. The molecule has 0 bridgehead atoms. The second-order valence-electron chi connectivity index (χ2n) is 8.63. The topological polar surface area (TPSA) is 74.6 Å². The number of benzene rings is 1. The minimum absolute atomic E-state index is 0.0434. The predicted octanol–water partition coefficient (Wildman–Crippen LogP) is 1.86. The van der Waals surface area contributed by atoms with E-state index in [2.05, 4.69) is 19.9 Å². The number of carbonyl (C=O) groups is 1. The van der Waals surface area contributed by atoms with E-state index in [0.717, 1.165) is 43.1 Å². The summed E-state index contributed by atoms with van der Waals surface area (Å²) in [4.78, 5) is 36.4. The first-order valence-electron chi connectivity index (χ1n) is 11.5. The molecule has 5 rings (SSSR count). The SMILES string of the molecule is O=C(C1CCN(c2cnn(Cc3ccccc3)c(=O)c2)C1)N1CCN(c2ccccn2)CC1. The Hall–Kier alpha value is -3.68. The van der Waals surface area contributed by atoms with E-state index in [1.54, 1.807) is 18.5 Å². The van der Waals surface area contributed by atoms with Crippen molar-refractivity contribution < 1.29 is 4.79 Å². The lowest BCUT2D eigenvalue weighted by Gasteiger charge is -2.36. The van der Waals surface area contributed by atoms with Gasteiger partial charge < -0.3 is 14.7 Å². The van der Waals surface area contributed by atoms with E-state index < -0.39 is 0 Å². The molecule has 33 heavy (non-hydrogen) atoms. The van der Waals surface area contributed by atoms with Gasteiger partial charge in [0.25, 0.3) is 5.56 Å². The summed E-state index contributed by atoms with van der Waals surface area (Å²) in [5.74, 6) is 1.13. The van der Waals surface area contributed by atoms with Crippen molar-refractivity contribution >= 4 is 17.4 Å². The fourth-order valence-electron chi connectivity index (χ4n) is 4.62. The first-order valence-corrected chi connectivity index (χ1v) is 11.5. The molecule has 1 atom stereocenters. The third-order valence-electron chi connectivity index (χ3n) is 6.50. The molecule has 0 N–H and O–H groups in total. The van der Waals surface area contributed by atoms with Gasteiger partial charge in [0.15, 0.2) is 0 Å². The highest BCUT2D eigenvalue weighted by Crippen LogP contribution is 2.24. The van der Waals surface area contributed by atoms with Crippen LogP contribution in [0.15, 0.2) is 71.8 Å². The molecule has 2 fully saturated rings. The predicted molar refractivity (Wildman–Crippen MR) is 127 cm³/mol. The zero-order valence-electron chi connectivity index (χ0n) is 18.6. The average Bonchev–Trinajstić information content (AvgIpc) is 3.37. The van der Waals surface area contributed by atoms with Gasteiger partial charge in [-0.15, -0.1) is 0 Å². The number of carbonyl (C=O) groups excluding carboxylic acids is 1. The normalized spacial score (nSPS) is 18.5. The van der Waals surface area contributed by atoms with Crippen LogP contribution in [0.1, 0.15) is 12.0 Å². The molecule has 0 saturated carbocycles. The number of amides is 1. The summed E-state index contributed by atoms with van der Waals surface area (Å²) in [5, 5.41) is 4.37. The number of hydrogen-bond acceptors (Lipinski definition) is 6. The van der Waals surface area contributed by atoms with E-state index in [9.17, 15) is 9.59 Å². The van der Waals surface area contributed by atoms with Crippen LogP contribution in [0, 0.1) is 5.92 Å². The van der Waals surface area contributed by atoms with E-state index in [1.165, 1.54) is 4.68 Å². The Morgan fingerprint density at radius 2 is 1.73 bits per heavy atom. The number of piperazine rings is 1. The van der Waals surface area contributed by atoms with Crippen molar-refractivity contribution in [3.05, 3.63) is 82.9 Å². The van der Waals surface area contributed by atoms with E-state index in [-0.39, 0.29) is 17.4 Å². The van der Waals surface area contributed by atoms with Gasteiger partial charge in [0.1, 0.15) is 5.82 Å². The first kappa shape index (κ1) is 21.2. The Morgan fingerprint density at radius 1 is 0.939 bits per heavy atom. The van der Waals surface area contributed by atoms with Crippen molar-refractivity contribution in [2.45, 2.75) is 13.0 Å². The van der Waals surface area contributed by atoms with Gasteiger partial charge in [-0.3, -0.25) is 9.59 Å². The fourth-order valence-corrected chi connectivity index (χ4v) is 4.62. The summed E-state index contributed by atoms with van der Waals surface area (Å²) < 4.78 is 1.47. The zero-order chi connectivity index (χ0) is 22.6. The maximum Gasteiger partial charge on any atom is 0.269 e. The molecule has 2 aliphatic heterocycles. The van der Waals surface area contributed by atoms with Gasteiger partial charge in [0, 0.05) is 51.5 Å². The maximum absolute atomic E-state index is 13.1. The summed E-state index contributed by atoms with van der Waals surface area (Å²) in [7, 11) is 0. The van der Waals surface area contributed by atoms with Gasteiger partial charge in [0.05, 0.1) is 24.3 Å². The van der Waals surface area contributed by atoms with Gasteiger partial charge >= 0.3 is 0 Å². The number of nitrogens with zero attached hydrogens (tertiary/aromatic N) is 6. The van der Waals surface area contributed by atoms with Gasteiger partial charge in [-0.25, -0.2) is 9.67 Å². The van der Waals surface area contributed by atoms with Crippen molar-refractivity contribution in [3.8, 4) is 0 Å². The standard InChI is InChI=1S/C25H28N6O2/c32-24-16-22(17-27-31(24)18-20-6-2-1-3-7-20)30-11-9-21(19-30)25(33)29-14-12-28(13-15-29)23-8-4-5-10-26-23/h1-8,10,16-17,21H,9,11-15,18-19H2. The molecule has 8 nitrogen and oxygen atoms in total. The molecule has 0 spiro atoms. The zero-order valence-corrected chi connectivity index (χ0v) is 18.6. The second kappa shape index (κ2) is 9.44. The summed E-state index contributed by atoms with van der Waals surface area (Å²) in [6.07, 6.45) is 4.34. The molecule has 8 heteroatoms. The van der Waals surface area contributed by atoms with Crippen LogP contribution in [0.4, 0.5) is 11.5 Å². The lowest BCUT2D eigenvalue weighted by molar-refractivity contribution is -0.135. The van der Waals surface area contributed by atoms with Crippen molar-refractivity contribution in [2.75, 3.05) is 49.1 Å². The quantitative estimate of drug-likeness (QED) is 0.598. The van der Waals surface area contributed by atoms with Gasteiger partial charge in [0.2, 0.25) is 5.91 Å². The van der Waals surface area contributed by atoms with E-state index in [4.69, 9.17) is 0 Å². The number of anilines is 2. The van der Waals surface area contributed by atoms with Crippen molar-refractivity contribution in [1.82, 2.24) is 19.7 Å². The third-order valence-corrected chi connectivity index (χ3v) is 6.50. The van der Waals surface area contributed by atoms with Gasteiger partial charge in [-0.2, -0.15) is 5.10 Å². The van der Waals surface area contributed by atoms with E-state index >= 15 is 0 Å². The summed E-state index contributed by atoms with van der Waals surface area (Å²) in [5.41, 5.74) is 1.70. The second-order valence-corrected chi connectivity index (χ2v) is 8.63. The molecule has 1 unspecified atom stereocenters. The molecule has 4 heterocycles. The summed E-state index contributed by atoms with van der Waals surface area (Å²) in [6.45, 7) is 4.85. The number of pyridine rings is 1. The Morgan fingerprint density at radius 3 is 2.45 bits per heavy atom. The van der Waals surface area contributed by atoms with Crippen LogP contribution >= 0.6 is 0 Å². The van der Waals surface area contributed by atoms with Crippen LogP contribution in [0.25, 0.3) is 0 Å². The largest absolute Gasteiger partial charge is 0.369 e. The maximum atomic E-state index is 13.1. The Labute approximate surface area is 193 Å². The van der Waals surface area contributed by atoms with Crippen molar-refractivity contribution in [2.24, 2.45) is 5.92 Å². The van der Waals surface area contributed by atoms with E-state index in [0.29, 0.717) is 26.2 Å². The highest BCUT2D eigenvalue weighted by molar-refractivity contribution is 5.80. The number of hydrogen-bond donors (Lipinski definition) is 0. The van der Waals surface area contributed by atoms with Crippen LogP contribution in [0.5, 0.6) is 0 Å². The van der Waals surface area contributed by atoms with Crippen LogP contribution in [0.3, 0.4) is 0 Å². The lowest BCUT2D eigenvalue weighted by atomic mass is 10.1. The molecule has 0 radical (unpaired) electrons. The van der Waals surface area contributed by atoms with Crippen LogP contribution in [-0.2, 0) is 11.3 Å². The van der Waals surface area contributed by atoms with Crippen molar-refractivity contribution in [1.29, 1.82) is 0 Å². The molecule has 1 aromatic carbocycles. The molecule has 170 valence electrons.